The Labute approximate surface area is 170 Å². The van der Waals surface area contributed by atoms with Gasteiger partial charge in [0.15, 0.2) is 0 Å². The second-order valence-electron chi connectivity index (χ2n) is 7.99. The predicted molar refractivity (Wildman–Crippen MR) is 109 cm³/mol. The molecule has 0 N–H and O–H groups in total. The van der Waals surface area contributed by atoms with E-state index in [1.54, 1.807) is 11.3 Å². The normalized spacial score (nSPS) is 20.2. The summed E-state index contributed by atoms with van der Waals surface area (Å²) < 4.78 is 11.1. The minimum absolute atomic E-state index is 0.130. The summed E-state index contributed by atoms with van der Waals surface area (Å²) in [6.07, 6.45) is 4.48. The molecule has 0 radical (unpaired) electrons. The molecule has 2 aliphatic heterocycles. The largest absolute Gasteiger partial charge is 0.376 e. The molecule has 6 nitrogen and oxygen atoms in total. The van der Waals surface area contributed by atoms with Crippen LogP contribution in [0.2, 0.25) is 0 Å². The summed E-state index contributed by atoms with van der Waals surface area (Å²) >= 11 is 1.71. The van der Waals surface area contributed by atoms with Gasteiger partial charge in [-0.25, -0.2) is 0 Å². The number of nitrogens with zero attached hydrogens (tertiary/aromatic N) is 3. The van der Waals surface area contributed by atoms with Gasteiger partial charge in [-0.1, -0.05) is 5.16 Å². The standard InChI is InChI=1S/C21H29N3O3S/c1-14-18(15(2)27-22-14)11-24-8-7-17-19(13-28-20(17)12-24)21(25)23(3)10-16-6-4-5-9-26-16/h13,16H,4-12H2,1-3H3/t16-/m0/s1. The van der Waals surface area contributed by atoms with Gasteiger partial charge in [0, 0.05) is 55.7 Å². The van der Waals surface area contributed by atoms with Crippen LogP contribution in [-0.2, 0) is 24.2 Å². The van der Waals surface area contributed by atoms with E-state index < -0.39 is 0 Å². The molecule has 0 bridgehead atoms. The number of amides is 1. The first kappa shape index (κ1) is 19.6. The molecule has 4 rings (SSSR count). The van der Waals surface area contributed by atoms with Crippen LogP contribution in [0.15, 0.2) is 9.90 Å². The Kier molecular flexibility index (Phi) is 5.85. The molecule has 1 atom stereocenters. The lowest BCUT2D eigenvalue weighted by Crippen LogP contribution is -2.37. The number of aromatic nitrogens is 1. The van der Waals surface area contributed by atoms with Gasteiger partial charge in [0.1, 0.15) is 5.76 Å². The monoisotopic (exact) mass is 403 g/mol. The van der Waals surface area contributed by atoms with Gasteiger partial charge >= 0.3 is 0 Å². The van der Waals surface area contributed by atoms with Crippen LogP contribution in [0.25, 0.3) is 0 Å². The van der Waals surface area contributed by atoms with Crippen molar-refractivity contribution < 1.29 is 14.1 Å². The lowest BCUT2D eigenvalue weighted by Gasteiger charge is -2.29. The quantitative estimate of drug-likeness (QED) is 0.764. The zero-order valence-corrected chi connectivity index (χ0v) is 17.8. The summed E-state index contributed by atoms with van der Waals surface area (Å²) in [5.41, 5.74) is 4.28. The number of ether oxygens (including phenoxy) is 1. The second kappa shape index (κ2) is 8.35. The van der Waals surface area contributed by atoms with Crippen LogP contribution in [0.5, 0.6) is 0 Å². The third-order valence-electron chi connectivity index (χ3n) is 5.92. The fraction of sp³-hybridized carbons (Fsp3) is 0.619. The number of thiophene rings is 1. The van der Waals surface area contributed by atoms with Crippen LogP contribution in [-0.4, -0.2) is 53.7 Å². The molecule has 152 valence electrons. The maximum Gasteiger partial charge on any atom is 0.254 e. The molecule has 0 aromatic carbocycles. The van der Waals surface area contributed by atoms with Crippen LogP contribution >= 0.6 is 11.3 Å². The van der Waals surface area contributed by atoms with Crippen molar-refractivity contribution in [2.45, 2.75) is 58.7 Å². The van der Waals surface area contributed by atoms with Gasteiger partial charge in [-0.2, -0.15) is 0 Å². The van der Waals surface area contributed by atoms with Gasteiger partial charge in [-0.05, 0) is 45.1 Å². The molecule has 1 fully saturated rings. The summed E-state index contributed by atoms with van der Waals surface area (Å²) in [7, 11) is 1.90. The van der Waals surface area contributed by atoms with Crippen LogP contribution in [0.3, 0.4) is 0 Å². The minimum Gasteiger partial charge on any atom is -0.376 e. The summed E-state index contributed by atoms with van der Waals surface area (Å²) in [5, 5.41) is 6.11. The van der Waals surface area contributed by atoms with Gasteiger partial charge < -0.3 is 14.2 Å². The molecular formula is C21H29N3O3S. The van der Waals surface area contributed by atoms with Gasteiger partial charge in [-0.3, -0.25) is 9.69 Å². The Morgan fingerprint density at radius 1 is 1.39 bits per heavy atom. The Morgan fingerprint density at radius 2 is 2.25 bits per heavy atom. The molecule has 1 amide bonds. The van der Waals surface area contributed by atoms with E-state index >= 15 is 0 Å². The first-order chi connectivity index (χ1) is 13.5. The fourth-order valence-electron chi connectivity index (χ4n) is 4.19. The molecule has 0 unspecified atom stereocenters. The molecule has 28 heavy (non-hydrogen) atoms. The van der Waals surface area contributed by atoms with E-state index in [0.717, 1.165) is 62.5 Å². The highest BCUT2D eigenvalue weighted by molar-refractivity contribution is 7.10. The number of rotatable bonds is 5. The van der Waals surface area contributed by atoms with Crippen LogP contribution in [0.1, 0.15) is 57.1 Å². The molecule has 7 heteroatoms. The Bertz CT molecular complexity index is 819. The van der Waals surface area contributed by atoms with Crippen molar-refractivity contribution in [3.05, 3.63) is 38.4 Å². The Morgan fingerprint density at radius 3 is 2.96 bits per heavy atom. The molecule has 0 spiro atoms. The first-order valence-electron chi connectivity index (χ1n) is 10.1. The van der Waals surface area contributed by atoms with E-state index in [-0.39, 0.29) is 12.0 Å². The molecule has 4 heterocycles. The topological polar surface area (TPSA) is 58.8 Å². The minimum atomic E-state index is 0.130. The third-order valence-corrected chi connectivity index (χ3v) is 6.93. The van der Waals surface area contributed by atoms with Crippen LogP contribution in [0, 0.1) is 13.8 Å². The SMILES string of the molecule is Cc1noc(C)c1CN1CCc2c(C(=O)N(C)C[C@@H]3CCCCO3)csc2C1. The summed E-state index contributed by atoms with van der Waals surface area (Å²) in [4.78, 5) is 18.6. The van der Waals surface area contributed by atoms with Crippen molar-refractivity contribution in [3.8, 4) is 0 Å². The molecule has 1 saturated heterocycles. The molecule has 0 aliphatic carbocycles. The first-order valence-corrected chi connectivity index (χ1v) is 11.0. The summed E-state index contributed by atoms with van der Waals surface area (Å²) in [5.74, 6) is 1.03. The number of likely N-dealkylation sites (N-methyl/N-ethyl adjacent to an activating group) is 1. The number of hydrogen-bond acceptors (Lipinski definition) is 6. The van der Waals surface area contributed by atoms with Crippen LogP contribution in [0.4, 0.5) is 0 Å². The predicted octanol–water partition coefficient (Wildman–Crippen LogP) is 3.55. The average Bonchev–Trinajstić information content (AvgIpc) is 3.26. The number of carbonyl (C=O) groups is 1. The van der Waals surface area contributed by atoms with E-state index in [0.29, 0.717) is 6.54 Å². The number of aryl methyl sites for hydroxylation is 2. The lowest BCUT2D eigenvalue weighted by molar-refractivity contribution is -0.000206. The third kappa shape index (κ3) is 4.02. The molecule has 2 aromatic rings. The molecule has 2 aromatic heterocycles. The van der Waals surface area contributed by atoms with E-state index in [1.807, 2.05) is 31.2 Å². The number of hydrogen-bond donors (Lipinski definition) is 0. The summed E-state index contributed by atoms with van der Waals surface area (Å²) in [6, 6.07) is 0. The molecule has 2 aliphatic rings. The highest BCUT2D eigenvalue weighted by atomic mass is 32.1. The van der Waals surface area contributed by atoms with E-state index in [4.69, 9.17) is 9.26 Å². The van der Waals surface area contributed by atoms with Crippen molar-refractivity contribution >= 4 is 17.2 Å². The highest BCUT2D eigenvalue weighted by Crippen LogP contribution is 2.31. The van der Waals surface area contributed by atoms with E-state index in [2.05, 4.69) is 10.1 Å². The van der Waals surface area contributed by atoms with Crippen molar-refractivity contribution in [2.75, 3.05) is 26.7 Å². The number of carbonyl (C=O) groups excluding carboxylic acids is 1. The maximum atomic E-state index is 13.0. The zero-order valence-electron chi connectivity index (χ0n) is 17.0. The van der Waals surface area contributed by atoms with Crippen molar-refractivity contribution in [3.63, 3.8) is 0 Å². The van der Waals surface area contributed by atoms with Crippen molar-refractivity contribution in [1.29, 1.82) is 0 Å². The zero-order chi connectivity index (χ0) is 19.7. The number of fused-ring (bicyclic) bond motifs is 1. The smallest absolute Gasteiger partial charge is 0.254 e. The second-order valence-corrected chi connectivity index (χ2v) is 8.95. The lowest BCUT2D eigenvalue weighted by atomic mass is 10.0. The van der Waals surface area contributed by atoms with Crippen molar-refractivity contribution in [1.82, 2.24) is 15.0 Å². The van der Waals surface area contributed by atoms with Crippen molar-refractivity contribution in [2.24, 2.45) is 0 Å². The molecule has 0 saturated carbocycles. The highest BCUT2D eigenvalue weighted by Gasteiger charge is 2.27. The summed E-state index contributed by atoms with van der Waals surface area (Å²) in [6.45, 7) is 8.15. The average molecular weight is 404 g/mol. The van der Waals surface area contributed by atoms with Gasteiger partial charge in [0.05, 0.1) is 17.4 Å². The van der Waals surface area contributed by atoms with Gasteiger partial charge in [-0.15, -0.1) is 11.3 Å². The fourth-order valence-corrected chi connectivity index (χ4v) is 5.31. The van der Waals surface area contributed by atoms with Gasteiger partial charge in [0.25, 0.3) is 5.91 Å². The molecular weight excluding hydrogens is 374 g/mol. The van der Waals surface area contributed by atoms with Crippen LogP contribution < -0.4 is 0 Å². The van der Waals surface area contributed by atoms with E-state index in [9.17, 15) is 4.79 Å². The Hall–Kier alpha value is -1.70. The maximum absolute atomic E-state index is 13.0. The Balaban J connectivity index is 1.41. The van der Waals surface area contributed by atoms with E-state index in [1.165, 1.54) is 22.4 Å². The van der Waals surface area contributed by atoms with Gasteiger partial charge in [0.2, 0.25) is 0 Å².